The molecule has 3 aliphatic carbocycles. The van der Waals surface area contributed by atoms with Gasteiger partial charge in [0.15, 0.2) is 0 Å². The van der Waals surface area contributed by atoms with Crippen molar-refractivity contribution >= 4 is 54.7 Å². The summed E-state index contributed by atoms with van der Waals surface area (Å²) in [5.74, 6) is 1.21. The van der Waals surface area contributed by atoms with Crippen molar-refractivity contribution < 1.29 is 19.5 Å². The van der Waals surface area contributed by atoms with E-state index in [1.807, 2.05) is 0 Å². The topological polar surface area (TPSA) is 6.48 Å². The number of hydrogen-bond acceptors (Lipinski definition) is 2. The van der Waals surface area contributed by atoms with Crippen molar-refractivity contribution in [3.05, 3.63) is 152 Å². The van der Waals surface area contributed by atoms with E-state index in [0.717, 1.165) is 19.5 Å². The van der Waals surface area contributed by atoms with Crippen LogP contribution in [0.2, 0.25) is 0 Å². The molecule has 8 rings (SSSR count). The summed E-state index contributed by atoms with van der Waals surface area (Å²) in [6.45, 7) is 15.3. The summed E-state index contributed by atoms with van der Waals surface area (Å²) in [6.07, 6.45) is 18.8. The fourth-order valence-electron chi connectivity index (χ4n) is 11.3. The summed E-state index contributed by atoms with van der Waals surface area (Å²) < 4.78 is -0.564. The largest absolute Gasteiger partial charge is 0.325 e. The number of halogens is 2. The van der Waals surface area contributed by atoms with Crippen molar-refractivity contribution in [2.24, 2.45) is 0 Å². The van der Waals surface area contributed by atoms with E-state index < -0.39 is 17.9 Å². The minimum atomic E-state index is -0.607. The van der Waals surface area contributed by atoms with Gasteiger partial charge in [0.05, 0.1) is 9.99 Å². The van der Waals surface area contributed by atoms with Crippen LogP contribution in [0.25, 0.3) is 12.2 Å². The van der Waals surface area contributed by atoms with E-state index in [-0.39, 0.29) is 19.5 Å². The van der Waals surface area contributed by atoms with Gasteiger partial charge in [-0.15, -0.1) is 23.2 Å². The Morgan fingerprint density at radius 1 is 0.593 bits per heavy atom. The van der Waals surface area contributed by atoms with Crippen LogP contribution in [0.15, 0.2) is 107 Å². The molecule has 2 unspecified atom stereocenters. The standard InChI is InChI=1S/C53H63Cl2N2P.Ru/c1-36-29-38(3)50(39(4)30-36)56-27-28-57(51-40(5)31-37(2)32-41(51)6)52(56)48-44(33-42-19-11-7-12-20-42)35-53(55,47(49(48)54)34-43-21-13-8-14-22-43)58(45-23-15-9-16-24-45)46-25-17-10-18-26-46;/h7-8,11-14,19-22,29-34,45-46,49H,9-10,15-18,23-28,35H2,1-6H3;. The normalized spacial score (nSPS) is 23.4. The molecule has 0 amide bonds. The first-order valence-electron chi connectivity index (χ1n) is 22.1. The number of aryl methyl sites for hydroxylation is 6. The number of hydrogen-bond donors (Lipinski definition) is 0. The van der Waals surface area contributed by atoms with Crippen LogP contribution in [-0.4, -0.2) is 34.4 Å². The second-order valence-corrected chi connectivity index (χ2v) is 22.3. The molecule has 0 bridgehead atoms. The van der Waals surface area contributed by atoms with Gasteiger partial charge in [0.2, 0.25) is 0 Å². The van der Waals surface area contributed by atoms with Gasteiger partial charge in [0.25, 0.3) is 0 Å². The predicted molar refractivity (Wildman–Crippen MR) is 255 cm³/mol. The number of alkyl halides is 2. The van der Waals surface area contributed by atoms with Gasteiger partial charge in [-0.2, -0.15) is 0 Å². The summed E-state index contributed by atoms with van der Waals surface area (Å²) in [6, 6.07) is 31.3. The smallest absolute Gasteiger partial charge is 0.119 e. The van der Waals surface area contributed by atoms with Gasteiger partial charge in [0.1, 0.15) is 5.82 Å². The van der Waals surface area contributed by atoms with Crippen molar-refractivity contribution in [2.75, 3.05) is 22.9 Å². The summed E-state index contributed by atoms with van der Waals surface area (Å²) in [7, 11) is -0.607. The minimum absolute atomic E-state index is 0. The first-order chi connectivity index (χ1) is 28.0. The number of nitrogens with zero attached hydrogens (tertiary/aromatic N) is 2. The van der Waals surface area contributed by atoms with Crippen molar-refractivity contribution in [1.29, 1.82) is 0 Å². The third-order valence-corrected chi connectivity index (χ3v) is 18.7. The Hall–Kier alpha value is -2.67. The predicted octanol–water partition coefficient (Wildman–Crippen LogP) is 15.3. The molecule has 2 atom stereocenters. The third kappa shape index (κ3) is 9.13. The molecule has 0 radical (unpaired) electrons. The first-order valence-corrected chi connectivity index (χ1v) is 24.4. The van der Waals surface area contributed by atoms with Gasteiger partial charge < -0.3 is 9.80 Å². The first kappa shape index (κ1) is 44.4. The molecule has 0 aromatic heterocycles. The van der Waals surface area contributed by atoms with Crippen molar-refractivity contribution in [1.82, 2.24) is 0 Å². The van der Waals surface area contributed by atoms with Crippen molar-refractivity contribution in [2.45, 2.75) is 133 Å². The van der Waals surface area contributed by atoms with Gasteiger partial charge in [0, 0.05) is 49.5 Å². The molecule has 4 aliphatic rings. The van der Waals surface area contributed by atoms with E-state index in [0.29, 0.717) is 11.3 Å². The zero-order valence-corrected chi connectivity index (χ0v) is 40.3. The Morgan fingerprint density at radius 2 is 1.00 bits per heavy atom. The van der Waals surface area contributed by atoms with Gasteiger partial charge in [-0.3, -0.25) is 0 Å². The Kier molecular flexibility index (Phi) is 14.4. The van der Waals surface area contributed by atoms with Crippen LogP contribution in [0, 0.1) is 41.5 Å². The summed E-state index contributed by atoms with van der Waals surface area (Å²) in [4.78, 5) is 5.25. The monoisotopic (exact) mass is 930 g/mol. The van der Waals surface area contributed by atoms with Crippen LogP contribution in [0.4, 0.5) is 11.4 Å². The van der Waals surface area contributed by atoms with E-state index >= 15 is 0 Å². The van der Waals surface area contributed by atoms with E-state index in [1.54, 1.807) is 0 Å². The van der Waals surface area contributed by atoms with Crippen LogP contribution in [0.1, 0.15) is 115 Å². The average molecular weight is 931 g/mol. The van der Waals surface area contributed by atoms with E-state index in [1.165, 1.54) is 143 Å². The van der Waals surface area contributed by atoms with Gasteiger partial charge >= 0.3 is 0 Å². The second kappa shape index (κ2) is 19.2. The maximum Gasteiger partial charge on any atom is 0.119 e. The van der Waals surface area contributed by atoms with E-state index in [4.69, 9.17) is 23.2 Å². The number of anilines is 2. The molecule has 4 aromatic carbocycles. The molecule has 2 nitrogen and oxygen atoms in total. The fraction of sp³-hybridized carbons (Fsp3) is 0.434. The molecule has 4 aromatic rings. The molecule has 1 aliphatic heterocycles. The molecule has 6 heteroatoms. The van der Waals surface area contributed by atoms with E-state index in [2.05, 4.69) is 148 Å². The molecule has 312 valence electrons. The quantitative estimate of drug-likeness (QED) is 0.104. The molecular weight excluding hydrogens is 868 g/mol. The Balaban J connectivity index is 0.00000528. The SMILES string of the molecule is Cc1cc(C)c(N2CCN(c3c(C)cc(C)cc3C)C2=C2C(=Cc3ccccc3)CC(Cl)(P(C3CCCCC3)C3CCCCC3)C(=Cc3ccccc3)C2Cl)c(C)c1.[Ru]. The molecule has 0 spiro atoms. The van der Waals surface area contributed by atoms with Crippen molar-refractivity contribution in [3.8, 4) is 0 Å². The maximum atomic E-state index is 8.78. The van der Waals surface area contributed by atoms with Gasteiger partial charge in [-0.1, -0.05) is 155 Å². The third-order valence-electron chi connectivity index (χ3n) is 13.5. The summed E-state index contributed by atoms with van der Waals surface area (Å²) in [5, 5.41) is -0.422. The Labute approximate surface area is 380 Å². The minimum Gasteiger partial charge on any atom is -0.325 e. The van der Waals surface area contributed by atoms with Gasteiger partial charge in [-0.25, -0.2) is 0 Å². The Morgan fingerprint density at radius 3 is 1.42 bits per heavy atom. The maximum absolute atomic E-state index is 8.78. The van der Waals surface area contributed by atoms with Crippen LogP contribution < -0.4 is 9.80 Å². The second-order valence-electron chi connectivity index (χ2n) is 17.9. The molecule has 1 heterocycles. The van der Waals surface area contributed by atoms with Crippen molar-refractivity contribution in [3.63, 3.8) is 0 Å². The van der Waals surface area contributed by atoms with Crippen LogP contribution in [-0.2, 0) is 19.5 Å². The molecule has 1 saturated heterocycles. The number of allylic oxidation sites excluding steroid dienone is 3. The van der Waals surface area contributed by atoms with Gasteiger partial charge in [-0.05, 0) is 129 Å². The molecule has 3 saturated carbocycles. The zero-order valence-electron chi connectivity index (χ0n) is 36.1. The molecule has 4 fully saturated rings. The molecule has 59 heavy (non-hydrogen) atoms. The number of rotatable bonds is 7. The van der Waals surface area contributed by atoms with E-state index in [9.17, 15) is 0 Å². The average Bonchev–Trinajstić information content (AvgIpc) is 3.60. The molecular formula is C53H63Cl2N2PRu. The summed E-state index contributed by atoms with van der Waals surface area (Å²) in [5.41, 5.74) is 17.8. The van der Waals surface area contributed by atoms with Crippen LogP contribution in [0.5, 0.6) is 0 Å². The molecule has 0 N–H and O–H groups in total. The summed E-state index contributed by atoms with van der Waals surface area (Å²) >= 11 is 17.2. The fourth-order valence-corrected chi connectivity index (χ4v) is 17.5. The van der Waals surface area contributed by atoms with Crippen LogP contribution in [0.3, 0.4) is 0 Å². The van der Waals surface area contributed by atoms with Crippen LogP contribution >= 0.6 is 31.1 Å². The Bertz CT molecular complexity index is 2070. The number of benzene rings is 4. The zero-order chi connectivity index (χ0) is 40.6.